The highest BCUT2D eigenvalue weighted by Gasteiger charge is 2.25. The Morgan fingerprint density at radius 2 is 0.804 bits per heavy atom. The topological polar surface area (TPSA) is 83.6 Å². The quantitative estimate of drug-likeness (QED) is 0.0216. The minimum absolute atomic E-state index is 0.252. The van der Waals surface area contributed by atoms with E-state index in [1.165, 1.54) is 154 Å². The Morgan fingerprint density at radius 3 is 1.14 bits per heavy atom. The number of oxime groups is 2. The van der Waals surface area contributed by atoms with Crippen LogP contribution in [0.2, 0.25) is 0 Å². The summed E-state index contributed by atoms with van der Waals surface area (Å²) in [5.74, 6) is 0. The molecule has 0 aromatic rings. The first kappa shape index (κ1) is 49.3. The van der Waals surface area contributed by atoms with E-state index >= 15 is 0 Å². The van der Waals surface area contributed by atoms with Gasteiger partial charge >= 0.3 is 0 Å². The SMILES string of the molecule is CCCCCCCC/C=C\CCCCCCC/C=N/OCC[N+](C)(CCO/N=C/CCCCCCC/C=C\CCCCCCCC)CC(O)CO. The van der Waals surface area contributed by atoms with E-state index in [1.807, 2.05) is 12.4 Å². The second-order valence-electron chi connectivity index (χ2n) is 15.1. The molecule has 0 aliphatic rings. The van der Waals surface area contributed by atoms with Crippen LogP contribution in [0.15, 0.2) is 34.6 Å². The van der Waals surface area contributed by atoms with Crippen LogP contribution >= 0.6 is 0 Å². The molecule has 300 valence electrons. The molecule has 0 amide bonds. The summed E-state index contributed by atoms with van der Waals surface area (Å²) in [6, 6.07) is 0. The zero-order valence-corrected chi connectivity index (χ0v) is 34.1. The minimum atomic E-state index is -0.774. The van der Waals surface area contributed by atoms with Crippen molar-refractivity contribution in [1.82, 2.24) is 0 Å². The average molecular weight is 721 g/mol. The molecule has 0 fully saturated rings. The van der Waals surface area contributed by atoms with Crippen LogP contribution in [0, 0.1) is 0 Å². The summed E-state index contributed by atoms with van der Waals surface area (Å²) in [7, 11) is 2.05. The monoisotopic (exact) mass is 721 g/mol. The normalized spacial score (nSPS) is 13.1. The van der Waals surface area contributed by atoms with Crippen LogP contribution < -0.4 is 0 Å². The van der Waals surface area contributed by atoms with Crippen molar-refractivity contribution < 1.29 is 24.4 Å². The lowest BCUT2D eigenvalue weighted by molar-refractivity contribution is -0.913. The van der Waals surface area contributed by atoms with E-state index in [1.54, 1.807) is 0 Å². The maximum atomic E-state index is 10.1. The van der Waals surface area contributed by atoms with Crippen LogP contribution in [-0.4, -0.2) is 79.7 Å². The van der Waals surface area contributed by atoms with Gasteiger partial charge in [-0.2, -0.15) is 0 Å². The van der Waals surface area contributed by atoms with Crippen molar-refractivity contribution in [2.24, 2.45) is 10.3 Å². The molecule has 0 aromatic carbocycles. The van der Waals surface area contributed by atoms with Gasteiger partial charge in [-0.05, 0) is 77.0 Å². The van der Waals surface area contributed by atoms with E-state index in [2.05, 4.69) is 55.5 Å². The highest BCUT2D eigenvalue weighted by molar-refractivity contribution is 5.56. The fourth-order valence-electron chi connectivity index (χ4n) is 6.31. The number of aliphatic hydroxyl groups excluding tert-OH is 2. The van der Waals surface area contributed by atoms with E-state index in [4.69, 9.17) is 9.68 Å². The third-order valence-electron chi connectivity index (χ3n) is 9.80. The molecule has 1 atom stereocenters. The lowest BCUT2D eigenvalue weighted by atomic mass is 10.1. The predicted octanol–water partition coefficient (Wildman–Crippen LogP) is 11.9. The summed E-state index contributed by atoms with van der Waals surface area (Å²) in [6.45, 7) is 6.98. The minimum Gasteiger partial charge on any atom is -0.393 e. The Labute approximate surface area is 317 Å². The van der Waals surface area contributed by atoms with Gasteiger partial charge in [0.1, 0.15) is 25.7 Å². The number of hydrogen-bond acceptors (Lipinski definition) is 6. The van der Waals surface area contributed by atoms with Crippen molar-refractivity contribution in [3.8, 4) is 0 Å². The summed E-state index contributed by atoms with van der Waals surface area (Å²) in [4.78, 5) is 11.1. The Hall–Kier alpha value is -1.70. The Balaban J connectivity index is 3.81. The maximum Gasteiger partial charge on any atom is 0.165 e. The van der Waals surface area contributed by atoms with Crippen LogP contribution in [0.5, 0.6) is 0 Å². The number of quaternary nitrogens is 1. The van der Waals surface area contributed by atoms with Crippen LogP contribution in [0.1, 0.15) is 194 Å². The first-order valence-corrected chi connectivity index (χ1v) is 21.8. The Morgan fingerprint density at radius 1 is 0.490 bits per heavy atom. The fraction of sp³-hybridized carbons (Fsp3) is 0.864. The number of likely N-dealkylation sites (N-methyl/N-ethyl adjacent to an activating group) is 1. The summed E-state index contributed by atoms with van der Waals surface area (Å²) >= 11 is 0. The van der Waals surface area contributed by atoms with Gasteiger partial charge in [-0.25, -0.2) is 0 Å². The van der Waals surface area contributed by atoms with Crippen LogP contribution in [0.4, 0.5) is 0 Å². The van der Waals surface area contributed by atoms with Crippen molar-refractivity contribution in [3.63, 3.8) is 0 Å². The second kappa shape index (κ2) is 41.1. The van der Waals surface area contributed by atoms with Crippen molar-refractivity contribution in [2.75, 3.05) is 46.5 Å². The molecule has 0 bridgehead atoms. The van der Waals surface area contributed by atoms with E-state index in [-0.39, 0.29) is 6.61 Å². The van der Waals surface area contributed by atoms with Crippen molar-refractivity contribution in [1.29, 1.82) is 0 Å². The molecule has 0 saturated carbocycles. The van der Waals surface area contributed by atoms with Gasteiger partial charge in [0, 0.05) is 12.4 Å². The van der Waals surface area contributed by atoms with Crippen molar-refractivity contribution in [2.45, 2.75) is 200 Å². The molecule has 0 aliphatic heterocycles. The summed E-state index contributed by atoms with van der Waals surface area (Å²) in [5, 5.41) is 27.8. The molecular formula is C44H86N3O4+. The second-order valence-corrected chi connectivity index (χ2v) is 15.1. The third kappa shape index (κ3) is 39.3. The van der Waals surface area contributed by atoms with Gasteiger partial charge in [-0.1, -0.05) is 151 Å². The molecule has 2 N–H and O–H groups in total. The van der Waals surface area contributed by atoms with Gasteiger partial charge in [-0.15, -0.1) is 0 Å². The smallest absolute Gasteiger partial charge is 0.165 e. The zero-order valence-electron chi connectivity index (χ0n) is 34.1. The molecule has 7 heteroatoms. The van der Waals surface area contributed by atoms with Gasteiger partial charge in [0.05, 0.1) is 13.7 Å². The molecular weight excluding hydrogens is 635 g/mol. The standard InChI is InChI=1S/C44H86N3O4/c1-4-6-8-10-12-14-16-18-20-22-24-26-28-30-32-34-36-45-50-40-38-47(3,42-44(49)43-48)39-41-51-46-37-35-33-31-29-27-25-23-21-19-17-15-13-11-9-7-5-2/h18-21,36-37,44,48-49H,4-17,22-35,38-43H2,1-3H3/q+1/b20-18-,21-19-,45-36+,46-37+. The number of rotatable bonds is 41. The van der Waals surface area contributed by atoms with Crippen molar-refractivity contribution in [3.05, 3.63) is 24.3 Å². The molecule has 0 radical (unpaired) electrons. The number of aliphatic hydroxyl groups is 2. The molecule has 7 nitrogen and oxygen atoms in total. The predicted molar refractivity (Wildman–Crippen MR) is 222 cm³/mol. The van der Waals surface area contributed by atoms with Gasteiger partial charge in [-0.3, -0.25) is 0 Å². The number of hydrogen-bond donors (Lipinski definition) is 2. The van der Waals surface area contributed by atoms with Gasteiger partial charge in [0.25, 0.3) is 0 Å². The summed E-state index contributed by atoms with van der Waals surface area (Å²) in [6.07, 6.45) is 48.4. The molecule has 0 spiro atoms. The largest absolute Gasteiger partial charge is 0.393 e. The lowest BCUT2D eigenvalue weighted by Gasteiger charge is -2.34. The lowest BCUT2D eigenvalue weighted by Crippen LogP contribution is -2.53. The molecule has 0 aromatic heterocycles. The third-order valence-corrected chi connectivity index (χ3v) is 9.80. The molecule has 0 aliphatic carbocycles. The van der Waals surface area contributed by atoms with Gasteiger partial charge < -0.3 is 24.4 Å². The number of unbranched alkanes of at least 4 members (excludes halogenated alkanes) is 24. The molecule has 1 unspecified atom stereocenters. The average Bonchev–Trinajstić information content (AvgIpc) is 3.13. The molecule has 0 saturated heterocycles. The maximum absolute atomic E-state index is 10.1. The molecule has 51 heavy (non-hydrogen) atoms. The summed E-state index contributed by atoms with van der Waals surface area (Å²) in [5.41, 5.74) is 0. The van der Waals surface area contributed by atoms with Gasteiger partial charge in [0.15, 0.2) is 13.2 Å². The molecule has 0 heterocycles. The van der Waals surface area contributed by atoms with E-state index < -0.39 is 6.10 Å². The van der Waals surface area contributed by atoms with Crippen LogP contribution in [0.3, 0.4) is 0 Å². The first-order valence-electron chi connectivity index (χ1n) is 21.8. The highest BCUT2D eigenvalue weighted by Crippen LogP contribution is 2.12. The van der Waals surface area contributed by atoms with Crippen molar-refractivity contribution >= 4 is 12.4 Å². The van der Waals surface area contributed by atoms with E-state index in [0.29, 0.717) is 37.3 Å². The first-order chi connectivity index (χ1) is 25.1. The number of nitrogens with zero attached hydrogens (tertiary/aromatic N) is 3. The zero-order chi connectivity index (χ0) is 37.2. The Bertz CT molecular complexity index is 745. The van der Waals surface area contributed by atoms with Crippen LogP contribution in [0.25, 0.3) is 0 Å². The Kier molecular flexibility index (Phi) is 39.7. The molecule has 0 rings (SSSR count). The van der Waals surface area contributed by atoms with Gasteiger partial charge in [0.2, 0.25) is 0 Å². The highest BCUT2D eigenvalue weighted by atomic mass is 16.6. The van der Waals surface area contributed by atoms with Crippen LogP contribution in [-0.2, 0) is 9.68 Å². The van der Waals surface area contributed by atoms with E-state index in [9.17, 15) is 10.2 Å². The number of allylic oxidation sites excluding steroid dienone is 4. The van der Waals surface area contributed by atoms with E-state index in [0.717, 1.165) is 25.7 Å². The fourth-order valence-corrected chi connectivity index (χ4v) is 6.31. The summed E-state index contributed by atoms with van der Waals surface area (Å²) < 4.78 is 0.523.